The van der Waals surface area contributed by atoms with Crippen LogP contribution in [0.15, 0.2) is 4.99 Å². The molecule has 3 rings (SSSR count). The van der Waals surface area contributed by atoms with Gasteiger partial charge in [0.15, 0.2) is 5.96 Å². The molecule has 0 bridgehead atoms. The molecule has 7 heteroatoms. The number of carbonyl (C=O) groups excluding carboxylic acids is 1. The molecule has 0 aromatic heterocycles. The Labute approximate surface area is 183 Å². The topological polar surface area (TPSA) is 54.4 Å². The first-order valence-corrected chi connectivity index (χ1v) is 12.4. The van der Waals surface area contributed by atoms with Crippen LogP contribution >= 0.6 is 0 Å². The molecule has 0 radical (unpaired) electrons. The molecular weight excluding hydrogens is 376 g/mol. The Morgan fingerprint density at radius 2 is 1.50 bits per heavy atom. The molecule has 2 unspecified atom stereocenters. The Balaban J connectivity index is 1.46. The predicted octanol–water partition coefficient (Wildman–Crippen LogP) is 1.70. The van der Waals surface area contributed by atoms with Crippen molar-refractivity contribution >= 4 is 11.9 Å². The van der Waals surface area contributed by atoms with Gasteiger partial charge in [-0.25, -0.2) is 0 Å². The van der Waals surface area contributed by atoms with E-state index < -0.39 is 0 Å². The molecule has 2 atom stereocenters. The molecule has 0 aliphatic carbocycles. The lowest BCUT2D eigenvalue weighted by Crippen LogP contribution is -2.57. The number of nitrogens with zero attached hydrogens (tertiary/aromatic N) is 5. The summed E-state index contributed by atoms with van der Waals surface area (Å²) in [5.41, 5.74) is 0. The number of likely N-dealkylation sites (tertiary alicyclic amines) is 2. The molecule has 7 nitrogen and oxygen atoms in total. The number of hydrogen-bond donors (Lipinski definition) is 1. The maximum Gasteiger partial charge on any atom is 0.239 e. The van der Waals surface area contributed by atoms with E-state index in [9.17, 15) is 4.79 Å². The Bertz CT molecular complexity index is 548. The van der Waals surface area contributed by atoms with Gasteiger partial charge in [0, 0.05) is 58.9 Å². The van der Waals surface area contributed by atoms with Gasteiger partial charge >= 0.3 is 0 Å². The Morgan fingerprint density at radius 1 is 0.867 bits per heavy atom. The van der Waals surface area contributed by atoms with Crippen molar-refractivity contribution in [2.75, 3.05) is 72.0 Å². The molecular formula is C23H44N6O. The third-order valence-corrected chi connectivity index (χ3v) is 6.84. The van der Waals surface area contributed by atoms with Gasteiger partial charge in [0.1, 0.15) is 0 Å². The zero-order chi connectivity index (χ0) is 21.3. The highest BCUT2D eigenvalue weighted by Gasteiger charge is 2.30. The van der Waals surface area contributed by atoms with E-state index in [0.29, 0.717) is 11.8 Å². The number of amides is 1. The molecule has 3 heterocycles. The maximum absolute atomic E-state index is 12.7. The lowest BCUT2D eigenvalue weighted by atomic mass is 10.1. The first-order chi connectivity index (χ1) is 14.6. The van der Waals surface area contributed by atoms with E-state index in [1.807, 2.05) is 4.90 Å². The third kappa shape index (κ3) is 6.58. The average molecular weight is 421 g/mol. The molecule has 0 aromatic rings. The van der Waals surface area contributed by atoms with Crippen LogP contribution in [0.25, 0.3) is 0 Å². The predicted molar refractivity (Wildman–Crippen MR) is 124 cm³/mol. The van der Waals surface area contributed by atoms with Gasteiger partial charge in [0.25, 0.3) is 0 Å². The summed E-state index contributed by atoms with van der Waals surface area (Å²) in [5.74, 6) is 1.94. The van der Waals surface area contributed by atoms with E-state index in [4.69, 9.17) is 4.99 Å². The molecule has 1 amide bonds. The van der Waals surface area contributed by atoms with Crippen LogP contribution in [-0.4, -0.2) is 110 Å². The highest BCUT2D eigenvalue weighted by Crippen LogP contribution is 2.15. The number of carbonyl (C=O) groups is 1. The minimum atomic E-state index is -0.00524. The fourth-order valence-corrected chi connectivity index (χ4v) is 4.99. The minimum absolute atomic E-state index is 0.00524. The smallest absolute Gasteiger partial charge is 0.239 e. The van der Waals surface area contributed by atoms with Crippen LogP contribution in [0, 0.1) is 5.92 Å². The SMILES string of the molecule is CCNC(=NCC(C)CN1CCCCC1)N1CCN(C(C)C(=O)N2CCCC2)CC1. The molecule has 0 spiro atoms. The Morgan fingerprint density at radius 3 is 2.13 bits per heavy atom. The minimum Gasteiger partial charge on any atom is -0.357 e. The summed E-state index contributed by atoms with van der Waals surface area (Å²) in [4.78, 5) is 27.1. The van der Waals surface area contributed by atoms with Crippen LogP contribution in [0.4, 0.5) is 0 Å². The number of guanidine groups is 1. The van der Waals surface area contributed by atoms with Crippen LogP contribution in [0.5, 0.6) is 0 Å². The van der Waals surface area contributed by atoms with Crippen molar-refractivity contribution in [3.63, 3.8) is 0 Å². The Kier molecular flexibility index (Phi) is 9.25. The summed E-state index contributed by atoms with van der Waals surface area (Å²) < 4.78 is 0. The van der Waals surface area contributed by atoms with Crippen molar-refractivity contribution in [1.29, 1.82) is 0 Å². The molecule has 0 saturated carbocycles. The molecule has 30 heavy (non-hydrogen) atoms. The second kappa shape index (κ2) is 11.9. The second-order valence-electron chi connectivity index (χ2n) is 9.39. The van der Waals surface area contributed by atoms with Crippen molar-refractivity contribution in [3.8, 4) is 0 Å². The maximum atomic E-state index is 12.7. The van der Waals surface area contributed by atoms with Gasteiger partial charge in [0.2, 0.25) is 5.91 Å². The first kappa shape index (κ1) is 23.3. The standard InChI is InChI=1S/C23H44N6O/c1-4-24-23(25-18-20(2)19-26-10-6-5-7-11-26)29-16-14-27(15-17-29)21(3)22(30)28-12-8-9-13-28/h20-21H,4-19H2,1-3H3,(H,24,25). The van der Waals surface area contributed by atoms with E-state index in [1.165, 1.54) is 32.4 Å². The van der Waals surface area contributed by atoms with E-state index in [0.717, 1.165) is 77.7 Å². The third-order valence-electron chi connectivity index (χ3n) is 6.84. The zero-order valence-corrected chi connectivity index (χ0v) is 19.6. The van der Waals surface area contributed by atoms with Gasteiger partial charge < -0.3 is 20.0 Å². The van der Waals surface area contributed by atoms with Crippen molar-refractivity contribution < 1.29 is 4.79 Å². The summed E-state index contributed by atoms with van der Waals surface area (Å²) in [6, 6.07) is -0.00524. The molecule has 3 aliphatic heterocycles. The first-order valence-electron chi connectivity index (χ1n) is 12.4. The average Bonchev–Trinajstić information content (AvgIpc) is 3.31. The van der Waals surface area contributed by atoms with Gasteiger partial charge in [-0.15, -0.1) is 0 Å². The Hall–Kier alpha value is -1.34. The molecule has 3 fully saturated rings. The number of piperazine rings is 1. The van der Waals surface area contributed by atoms with E-state index in [1.54, 1.807) is 0 Å². The second-order valence-corrected chi connectivity index (χ2v) is 9.39. The van der Waals surface area contributed by atoms with Crippen LogP contribution in [0.3, 0.4) is 0 Å². The lowest BCUT2D eigenvalue weighted by molar-refractivity contribution is -0.135. The molecule has 1 N–H and O–H groups in total. The van der Waals surface area contributed by atoms with Crippen LogP contribution in [0.1, 0.15) is 52.9 Å². The largest absolute Gasteiger partial charge is 0.357 e. The fraction of sp³-hybridized carbons (Fsp3) is 0.913. The van der Waals surface area contributed by atoms with Gasteiger partial charge in [0.05, 0.1) is 6.04 Å². The number of piperidine rings is 1. The molecule has 3 aliphatic rings. The molecule has 172 valence electrons. The number of rotatable bonds is 7. The van der Waals surface area contributed by atoms with E-state index >= 15 is 0 Å². The van der Waals surface area contributed by atoms with Gasteiger partial charge in [-0.2, -0.15) is 0 Å². The zero-order valence-electron chi connectivity index (χ0n) is 19.6. The van der Waals surface area contributed by atoms with Gasteiger partial charge in [-0.05, 0) is 58.5 Å². The van der Waals surface area contributed by atoms with E-state index in [2.05, 4.69) is 40.8 Å². The molecule has 0 aromatic carbocycles. The monoisotopic (exact) mass is 420 g/mol. The highest BCUT2D eigenvalue weighted by atomic mass is 16.2. The number of nitrogens with one attached hydrogen (secondary N) is 1. The van der Waals surface area contributed by atoms with Crippen LogP contribution in [0.2, 0.25) is 0 Å². The normalized spacial score (nSPS) is 24.2. The van der Waals surface area contributed by atoms with Gasteiger partial charge in [-0.1, -0.05) is 13.3 Å². The van der Waals surface area contributed by atoms with Crippen molar-refractivity contribution in [2.24, 2.45) is 10.9 Å². The van der Waals surface area contributed by atoms with Crippen molar-refractivity contribution in [1.82, 2.24) is 24.9 Å². The molecule has 3 saturated heterocycles. The van der Waals surface area contributed by atoms with Crippen molar-refractivity contribution in [2.45, 2.75) is 58.9 Å². The number of hydrogen-bond acceptors (Lipinski definition) is 4. The highest BCUT2D eigenvalue weighted by molar-refractivity contribution is 5.82. The quantitative estimate of drug-likeness (QED) is 0.502. The van der Waals surface area contributed by atoms with E-state index in [-0.39, 0.29) is 6.04 Å². The van der Waals surface area contributed by atoms with Crippen LogP contribution in [-0.2, 0) is 4.79 Å². The fourth-order valence-electron chi connectivity index (χ4n) is 4.99. The van der Waals surface area contributed by atoms with Crippen LogP contribution < -0.4 is 5.32 Å². The number of aliphatic imine (C=N–C) groups is 1. The summed E-state index contributed by atoms with van der Waals surface area (Å²) in [5, 5.41) is 3.49. The van der Waals surface area contributed by atoms with Gasteiger partial charge in [-0.3, -0.25) is 14.7 Å². The summed E-state index contributed by atoms with van der Waals surface area (Å²) in [6.45, 7) is 17.6. The summed E-state index contributed by atoms with van der Waals surface area (Å²) >= 11 is 0. The van der Waals surface area contributed by atoms with Crippen molar-refractivity contribution in [3.05, 3.63) is 0 Å². The summed E-state index contributed by atoms with van der Waals surface area (Å²) in [6.07, 6.45) is 6.40. The lowest BCUT2D eigenvalue weighted by Gasteiger charge is -2.39. The summed E-state index contributed by atoms with van der Waals surface area (Å²) in [7, 11) is 0.